The molecule has 1 aromatic carbocycles. The minimum absolute atomic E-state index is 0.0745. The van der Waals surface area contributed by atoms with Crippen LogP contribution in [0.3, 0.4) is 0 Å². The number of para-hydroxylation sites is 1. The Labute approximate surface area is 121 Å². The number of amides is 1. The van der Waals surface area contributed by atoms with Crippen molar-refractivity contribution in [3.63, 3.8) is 0 Å². The van der Waals surface area contributed by atoms with Crippen molar-refractivity contribution in [2.45, 2.75) is 32.0 Å². The summed E-state index contributed by atoms with van der Waals surface area (Å²) in [5, 5.41) is 9.60. The van der Waals surface area contributed by atoms with Crippen LogP contribution in [0.25, 0.3) is 0 Å². The Morgan fingerprint density at radius 3 is 2.95 bits per heavy atom. The van der Waals surface area contributed by atoms with E-state index in [1.165, 1.54) is 0 Å². The Balaban J connectivity index is 1.97. The van der Waals surface area contributed by atoms with Crippen molar-refractivity contribution in [1.29, 1.82) is 0 Å². The quantitative estimate of drug-likeness (QED) is 0.925. The molecule has 0 spiro atoms. The maximum Gasteiger partial charge on any atom is 0.263 e. The standard InChI is InChI=1S/C14H18BrNO3/c1-10(19-13-7-3-2-6-12(13)15)14(18)16-8-4-5-11(17)9-16/h2-3,6-7,10-11,17H,4-5,8-9H2,1H3/t10-,11-/m0/s1. The summed E-state index contributed by atoms with van der Waals surface area (Å²) in [6.07, 6.45) is 0.648. The van der Waals surface area contributed by atoms with E-state index in [1.54, 1.807) is 11.8 Å². The smallest absolute Gasteiger partial charge is 0.263 e. The summed E-state index contributed by atoms with van der Waals surface area (Å²) in [6, 6.07) is 7.45. The van der Waals surface area contributed by atoms with Crippen LogP contribution in [0.1, 0.15) is 19.8 Å². The first-order chi connectivity index (χ1) is 9.08. The van der Waals surface area contributed by atoms with Crippen LogP contribution in [0.5, 0.6) is 5.75 Å². The molecule has 19 heavy (non-hydrogen) atoms. The van der Waals surface area contributed by atoms with E-state index in [2.05, 4.69) is 15.9 Å². The van der Waals surface area contributed by atoms with E-state index in [1.807, 2.05) is 24.3 Å². The number of hydrogen-bond acceptors (Lipinski definition) is 3. The Morgan fingerprint density at radius 1 is 1.53 bits per heavy atom. The number of carbonyl (C=O) groups excluding carboxylic acids is 1. The average molecular weight is 328 g/mol. The second kappa shape index (κ2) is 6.39. The third-order valence-electron chi connectivity index (χ3n) is 3.20. The highest BCUT2D eigenvalue weighted by atomic mass is 79.9. The molecule has 1 saturated heterocycles. The van der Waals surface area contributed by atoms with Gasteiger partial charge in [0.05, 0.1) is 10.6 Å². The number of piperidine rings is 1. The molecule has 0 saturated carbocycles. The van der Waals surface area contributed by atoms with Gasteiger partial charge in [0.2, 0.25) is 0 Å². The normalized spacial score (nSPS) is 21.0. The number of ether oxygens (including phenoxy) is 1. The minimum atomic E-state index is -0.552. The molecular weight excluding hydrogens is 310 g/mol. The first kappa shape index (κ1) is 14.3. The number of nitrogens with zero attached hydrogens (tertiary/aromatic N) is 1. The maximum absolute atomic E-state index is 12.2. The molecule has 1 heterocycles. The van der Waals surface area contributed by atoms with E-state index in [0.717, 1.165) is 17.3 Å². The van der Waals surface area contributed by atoms with Gasteiger partial charge >= 0.3 is 0 Å². The molecule has 1 aliphatic rings. The fraction of sp³-hybridized carbons (Fsp3) is 0.500. The van der Waals surface area contributed by atoms with Crippen molar-refractivity contribution in [1.82, 2.24) is 4.90 Å². The van der Waals surface area contributed by atoms with Crippen LogP contribution < -0.4 is 4.74 Å². The summed E-state index contributed by atoms with van der Waals surface area (Å²) < 4.78 is 6.50. The molecular formula is C14H18BrNO3. The lowest BCUT2D eigenvalue weighted by Gasteiger charge is -2.32. The van der Waals surface area contributed by atoms with Crippen molar-refractivity contribution in [3.05, 3.63) is 28.7 Å². The Morgan fingerprint density at radius 2 is 2.26 bits per heavy atom. The fourth-order valence-electron chi connectivity index (χ4n) is 2.19. The molecule has 2 atom stereocenters. The number of β-amino-alcohol motifs (C(OH)–C–C–N with tert-alkyl or cyclic N) is 1. The van der Waals surface area contributed by atoms with Gasteiger partial charge in [0, 0.05) is 13.1 Å². The SMILES string of the molecule is C[C@H](Oc1ccccc1Br)C(=O)N1CCC[C@H](O)C1. The summed E-state index contributed by atoms with van der Waals surface area (Å²) >= 11 is 3.39. The molecule has 104 valence electrons. The molecule has 0 unspecified atom stereocenters. The number of halogens is 1. The van der Waals surface area contributed by atoms with Gasteiger partial charge in [-0.2, -0.15) is 0 Å². The molecule has 0 aliphatic carbocycles. The van der Waals surface area contributed by atoms with Gasteiger partial charge in [-0.25, -0.2) is 0 Å². The molecule has 0 radical (unpaired) electrons. The Bertz CT molecular complexity index is 452. The predicted octanol–water partition coefficient (Wildman–Crippen LogP) is 2.20. The van der Waals surface area contributed by atoms with Gasteiger partial charge in [-0.1, -0.05) is 12.1 Å². The largest absolute Gasteiger partial charge is 0.480 e. The van der Waals surface area contributed by atoms with Crippen molar-refractivity contribution in [2.75, 3.05) is 13.1 Å². The zero-order valence-corrected chi connectivity index (χ0v) is 12.5. The molecule has 2 rings (SSSR count). The summed E-state index contributed by atoms with van der Waals surface area (Å²) in [5.74, 6) is 0.579. The molecule has 5 heteroatoms. The summed E-state index contributed by atoms with van der Waals surface area (Å²) in [4.78, 5) is 13.9. The van der Waals surface area contributed by atoms with E-state index >= 15 is 0 Å². The second-order valence-electron chi connectivity index (χ2n) is 4.77. The highest BCUT2D eigenvalue weighted by molar-refractivity contribution is 9.10. The number of rotatable bonds is 3. The summed E-state index contributed by atoms with van der Waals surface area (Å²) in [6.45, 7) is 2.84. The Hall–Kier alpha value is -1.07. The third kappa shape index (κ3) is 3.70. The van der Waals surface area contributed by atoms with Gasteiger partial charge in [0.25, 0.3) is 5.91 Å². The second-order valence-corrected chi connectivity index (χ2v) is 5.63. The van der Waals surface area contributed by atoms with Crippen LogP contribution in [0.2, 0.25) is 0 Å². The zero-order valence-electron chi connectivity index (χ0n) is 10.9. The lowest BCUT2D eigenvalue weighted by Crippen LogP contribution is -2.47. The van der Waals surface area contributed by atoms with Crippen molar-refractivity contribution in [3.8, 4) is 5.75 Å². The fourth-order valence-corrected chi connectivity index (χ4v) is 2.57. The Kier molecular flexibility index (Phi) is 4.82. The molecule has 4 nitrogen and oxygen atoms in total. The molecule has 1 fully saturated rings. The first-order valence-electron chi connectivity index (χ1n) is 6.46. The monoisotopic (exact) mass is 327 g/mol. The molecule has 1 amide bonds. The number of hydrogen-bond donors (Lipinski definition) is 1. The summed E-state index contributed by atoms with van der Waals surface area (Å²) in [5.41, 5.74) is 0. The van der Waals surface area contributed by atoms with Gasteiger partial charge in [-0.15, -0.1) is 0 Å². The number of aliphatic hydroxyl groups excluding tert-OH is 1. The van der Waals surface area contributed by atoms with Gasteiger partial charge in [0.15, 0.2) is 6.10 Å². The van der Waals surface area contributed by atoms with Crippen LogP contribution >= 0.6 is 15.9 Å². The van der Waals surface area contributed by atoms with Gasteiger partial charge in [-0.3, -0.25) is 4.79 Å². The molecule has 1 N–H and O–H groups in total. The van der Waals surface area contributed by atoms with Crippen LogP contribution in [0.15, 0.2) is 28.7 Å². The van der Waals surface area contributed by atoms with E-state index < -0.39 is 12.2 Å². The van der Waals surface area contributed by atoms with Gasteiger partial charge in [0.1, 0.15) is 5.75 Å². The highest BCUT2D eigenvalue weighted by Gasteiger charge is 2.27. The average Bonchev–Trinajstić information content (AvgIpc) is 2.40. The highest BCUT2D eigenvalue weighted by Crippen LogP contribution is 2.25. The lowest BCUT2D eigenvalue weighted by atomic mass is 10.1. The number of benzene rings is 1. The number of aliphatic hydroxyl groups is 1. The molecule has 0 bridgehead atoms. The number of carbonyl (C=O) groups is 1. The number of likely N-dealkylation sites (tertiary alicyclic amines) is 1. The van der Waals surface area contributed by atoms with Crippen LogP contribution in [-0.2, 0) is 4.79 Å². The molecule has 1 aromatic rings. The van der Waals surface area contributed by atoms with Crippen LogP contribution in [0.4, 0.5) is 0 Å². The zero-order chi connectivity index (χ0) is 13.8. The van der Waals surface area contributed by atoms with E-state index in [0.29, 0.717) is 18.8 Å². The topological polar surface area (TPSA) is 49.8 Å². The maximum atomic E-state index is 12.2. The van der Waals surface area contributed by atoms with Crippen molar-refractivity contribution in [2.24, 2.45) is 0 Å². The van der Waals surface area contributed by atoms with E-state index in [4.69, 9.17) is 4.74 Å². The van der Waals surface area contributed by atoms with E-state index in [-0.39, 0.29) is 5.91 Å². The first-order valence-corrected chi connectivity index (χ1v) is 7.25. The minimum Gasteiger partial charge on any atom is -0.480 e. The van der Waals surface area contributed by atoms with Crippen molar-refractivity contribution >= 4 is 21.8 Å². The molecule has 0 aromatic heterocycles. The van der Waals surface area contributed by atoms with Crippen molar-refractivity contribution < 1.29 is 14.6 Å². The van der Waals surface area contributed by atoms with Crippen LogP contribution in [-0.4, -0.2) is 41.2 Å². The third-order valence-corrected chi connectivity index (χ3v) is 3.85. The van der Waals surface area contributed by atoms with Gasteiger partial charge < -0.3 is 14.7 Å². The van der Waals surface area contributed by atoms with E-state index in [9.17, 15) is 9.90 Å². The summed E-state index contributed by atoms with van der Waals surface area (Å²) in [7, 11) is 0. The predicted molar refractivity (Wildman–Crippen MR) is 76.1 cm³/mol. The van der Waals surface area contributed by atoms with Crippen LogP contribution in [0, 0.1) is 0 Å². The molecule has 1 aliphatic heterocycles. The van der Waals surface area contributed by atoms with Gasteiger partial charge in [-0.05, 0) is 47.8 Å². The lowest BCUT2D eigenvalue weighted by molar-refractivity contribution is -0.141.